The molecule has 0 saturated heterocycles. The highest BCUT2D eigenvalue weighted by atomic mass is 32.1. The van der Waals surface area contributed by atoms with Gasteiger partial charge in [0, 0.05) is 24.4 Å². The van der Waals surface area contributed by atoms with Crippen molar-refractivity contribution in [3.63, 3.8) is 0 Å². The second kappa shape index (κ2) is 8.93. The largest absolute Gasteiger partial charge is 0.333 e. The minimum absolute atomic E-state index is 0.0586. The smallest absolute Gasteiger partial charge is 0.242 e. The van der Waals surface area contributed by atoms with E-state index in [0.29, 0.717) is 24.8 Å². The number of hydrogen-bond donors (Lipinski definition) is 0. The second-order valence-electron chi connectivity index (χ2n) is 9.21. The molecule has 2 heterocycles. The van der Waals surface area contributed by atoms with E-state index in [1.165, 1.54) is 34.4 Å². The molecule has 4 nitrogen and oxygen atoms in total. The molecular formula is C25H32N2O2S. The molecule has 1 aliphatic carbocycles. The standard InChI is InChI=1S/C25H32N2O2S/c1-17(2)14-23(28)26(15-19-8-9-19)16-24(29)27-12-10-22-21(11-13-30-22)25(27)20-7-5-4-6-18(20)3/h4-7,11,13,17,19,25H,8-10,12,14-16H2,1-3H3/t25-/m0/s1. The summed E-state index contributed by atoms with van der Waals surface area (Å²) in [5, 5.41) is 2.13. The van der Waals surface area contributed by atoms with Gasteiger partial charge in [0.05, 0.1) is 12.6 Å². The van der Waals surface area contributed by atoms with Crippen molar-refractivity contribution in [2.75, 3.05) is 19.6 Å². The Morgan fingerprint density at radius 3 is 2.63 bits per heavy atom. The lowest BCUT2D eigenvalue weighted by atomic mass is 9.90. The Morgan fingerprint density at radius 2 is 1.93 bits per heavy atom. The molecule has 0 unspecified atom stereocenters. The average molecular weight is 425 g/mol. The van der Waals surface area contributed by atoms with Gasteiger partial charge in [-0.2, -0.15) is 0 Å². The Morgan fingerprint density at radius 1 is 1.17 bits per heavy atom. The Bertz CT molecular complexity index is 915. The van der Waals surface area contributed by atoms with Gasteiger partial charge in [-0.25, -0.2) is 0 Å². The highest BCUT2D eigenvalue weighted by Crippen LogP contribution is 2.39. The molecule has 1 aromatic heterocycles. The first-order valence-electron chi connectivity index (χ1n) is 11.1. The SMILES string of the molecule is Cc1ccccc1[C@H]1c2ccsc2CCN1C(=O)CN(CC1CC1)C(=O)CC(C)C. The summed E-state index contributed by atoms with van der Waals surface area (Å²) in [5.74, 6) is 1.06. The summed E-state index contributed by atoms with van der Waals surface area (Å²) in [6.07, 6.45) is 3.75. The van der Waals surface area contributed by atoms with Crippen molar-refractivity contribution >= 4 is 23.2 Å². The third kappa shape index (κ3) is 4.61. The summed E-state index contributed by atoms with van der Waals surface area (Å²) < 4.78 is 0. The van der Waals surface area contributed by atoms with E-state index in [1.807, 2.05) is 15.9 Å². The van der Waals surface area contributed by atoms with Gasteiger partial charge < -0.3 is 9.80 Å². The first-order valence-corrected chi connectivity index (χ1v) is 12.0. The average Bonchev–Trinajstić information content (AvgIpc) is 3.39. The highest BCUT2D eigenvalue weighted by molar-refractivity contribution is 7.10. The molecule has 4 rings (SSSR count). The monoisotopic (exact) mass is 424 g/mol. The van der Waals surface area contributed by atoms with Crippen LogP contribution in [-0.4, -0.2) is 41.2 Å². The Balaban J connectivity index is 1.59. The van der Waals surface area contributed by atoms with Gasteiger partial charge in [0.15, 0.2) is 0 Å². The van der Waals surface area contributed by atoms with Gasteiger partial charge in [-0.1, -0.05) is 38.1 Å². The maximum Gasteiger partial charge on any atom is 0.242 e. The van der Waals surface area contributed by atoms with Crippen LogP contribution in [0.4, 0.5) is 0 Å². The van der Waals surface area contributed by atoms with E-state index in [1.54, 1.807) is 11.3 Å². The van der Waals surface area contributed by atoms with Crippen molar-refractivity contribution in [1.29, 1.82) is 0 Å². The zero-order chi connectivity index (χ0) is 21.3. The van der Waals surface area contributed by atoms with Crippen LogP contribution in [-0.2, 0) is 16.0 Å². The second-order valence-corrected chi connectivity index (χ2v) is 10.2. The number of benzene rings is 1. The van der Waals surface area contributed by atoms with Crippen LogP contribution in [0.15, 0.2) is 35.7 Å². The number of hydrogen-bond acceptors (Lipinski definition) is 3. The normalized spacial score (nSPS) is 18.4. The van der Waals surface area contributed by atoms with Crippen LogP contribution >= 0.6 is 11.3 Å². The maximum absolute atomic E-state index is 13.6. The van der Waals surface area contributed by atoms with Gasteiger partial charge in [0.1, 0.15) is 0 Å². The first kappa shape index (κ1) is 21.1. The molecule has 0 N–H and O–H groups in total. The van der Waals surface area contributed by atoms with Crippen LogP contribution in [0.3, 0.4) is 0 Å². The number of carbonyl (C=O) groups excluding carboxylic acids is 2. The lowest BCUT2D eigenvalue weighted by Crippen LogP contribution is -2.47. The van der Waals surface area contributed by atoms with E-state index in [0.717, 1.165) is 13.0 Å². The molecule has 2 amide bonds. The van der Waals surface area contributed by atoms with Gasteiger partial charge in [-0.05, 0) is 66.2 Å². The first-order chi connectivity index (χ1) is 14.4. The Labute approximate surface area is 183 Å². The van der Waals surface area contributed by atoms with Crippen molar-refractivity contribution in [1.82, 2.24) is 9.80 Å². The van der Waals surface area contributed by atoms with Crippen LogP contribution in [0.5, 0.6) is 0 Å². The molecule has 0 spiro atoms. The molecule has 1 aliphatic heterocycles. The number of fused-ring (bicyclic) bond motifs is 1. The van der Waals surface area contributed by atoms with Crippen LogP contribution in [0.1, 0.15) is 60.7 Å². The minimum Gasteiger partial charge on any atom is -0.333 e. The summed E-state index contributed by atoms with van der Waals surface area (Å²) in [6.45, 7) is 7.87. The Hall–Kier alpha value is -2.14. The summed E-state index contributed by atoms with van der Waals surface area (Å²) in [6, 6.07) is 10.5. The van der Waals surface area contributed by atoms with Crippen molar-refractivity contribution in [2.24, 2.45) is 11.8 Å². The minimum atomic E-state index is -0.0586. The zero-order valence-electron chi connectivity index (χ0n) is 18.3. The van der Waals surface area contributed by atoms with Crippen molar-refractivity contribution < 1.29 is 9.59 Å². The molecule has 2 aromatic rings. The topological polar surface area (TPSA) is 40.6 Å². The summed E-state index contributed by atoms with van der Waals surface area (Å²) in [4.78, 5) is 31.6. The molecule has 1 atom stereocenters. The van der Waals surface area contributed by atoms with Gasteiger partial charge in [-0.15, -0.1) is 11.3 Å². The maximum atomic E-state index is 13.6. The zero-order valence-corrected chi connectivity index (χ0v) is 19.1. The molecule has 160 valence electrons. The molecule has 1 aromatic carbocycles. The molecule has 5 heteroatoms. The van der Waals surface area contributed by atoms with Gasteiger partial charge in [0.2, 0.25) is 11.8 Å². The number of aryl methyl sites for hydroxylation is 1. The number of rotatable bonds is 7. The van der Waals surface area contributed by atoms with E-state index in [-0.39, 0.29) is 24.4 Å². The van der Waals surface area contributed by atoms with E-state index < -0.39 is 0 Å². The number of carbonyl (C=O) groups is 2. The molecule has 1 saturated carbocycles. The number of nitrogens with zero attached hydrogens (tertiary/aromatic N) is 2. The predicted molar refractivity (Wildman–Crippen MR) is 122 cm³/mol. The third-order valence-corrected chi connectivity index (χ3v) is 7.20. The fraction of sp³-hybridized carbons (Fsp3) is 0.520. The molecule has 0 radical (unpaired) electrons. The third-order valence-electron chi connectivity index (χ3n) is 6.21. The lowest BCUT2D eigenvalue weighted by Gasteiger charge is -2.38. The highest BCUT2D eigenvalue weighted by Gasteiger charge is 2.35. The Kier molecular flexibility index (Phi) is 6.28. The van der Waals surface area contributed by atoms with E-state index in [4.69, 9.17) is 0 Å². The molecule has 30 heavy (non-hydrogen) atoms. The van der Waals surface area contributed by atoms with E-state index >= 15 is 0 Å². The molecule has 1 fully saturated rings. The fourth-order valence-electron chi connectivity index (χ4n) is 4.41. The molecule has 0 bridgehead atoms. The van der Waals surface area contributed by atoms with E-state index in [2.05, 4.69) is 50.4 Å². The summed E-state index contributed by atoms with van der Waals surface area (Å²) in [5.41, 5.74) is 3.63. The predicted octanol–water partition coefficient (Wildman–Crippen LogP) is 4.82. The number of thiophene rings is 1. The van der Waals surface area contributed by atoms with Crippen LogP contribution < -0.4 is 0 Å². The van der Waals surface area contributed by atoms with Crippen molar-refractivity contribution in [2.45, 2.75) is 52.5 Å². The van der Waals surface area contributed by atoms with Gasteiger partial charge >= 0.3 is 0 Å². The van der Waals surface area contributed by atoms with Crippen molar-refractivity contribution in [3.8, 4) is 0 Å². The molecule has 2 aliphatic rings. The summed E-state index contributed by atoms with van der Waals surface area (Å²) >= 11 is 1.78. The summed E-state index contributed by atoms with van der Waals surface area (Å²) in [7, 11) is 0. The molecular weight excluding hydrogens is 392 g/mol. The van der Waals surface area contributed by atoms with E-state index in [9.17, 15) is 9.59 Å². The van der Waals surface area contributed by atoms with Crippen LogP contribution in [0.2, 0.25) is 0 Å². The van der Waals surface area contributed by atoms with Crippen molar-refractivity contribution in [3.05, 3.63) is 57.3 Å². The van der Waals surface area contributed by atoms with Gasteiger partial charge in [-0.3, -0.25) is 9.59 Å². The van der Waals surface area contributed by atoms with Gasteiger partial charge in [0.25, 0.3) is 0 Å². The number of amides is 2. The fourth-order valence-corrected chi connectivity index (χ4v) is 5.32. The lowest BCUT2D eigenvalue weighted by molar-refractivity contribution is -0.142. The quantitative estimate of drug-likeness (QED) is 0.640. The van der Waals surface area contributed by atoms with Crippen LogP contribution in [0, 0.1) is 18.8 Å². The van der Waals surface area contributed by atoms with Crippen LogP contribution in [0.25, 0.3) is 0 Å².